The molecule has 0 saturated carbocycles. The molecular weight excluding hydrogens is 204 g/mol. The first-order chi connectivity index (χ1) is 7.77. The Hall–Kier alpha value is -1.55. The third-order valence-electron chi connectivity index (χ3n) is 2.83. The quantitative estimate of drug-likeness (QED) is 0.837. The Bertz CT molecular complexity index is 392. The van der Waals surface area contributed by atoms with Crippen LogP contribution in [0.25, 0.3) is 0 Å². The molecule has 4 heteroatoms. The summed E-state index contributed by atoms with van der Waals surface area (Å²) in [6.45, 7) is 3.59. The summed E-state index contributed by atoms with van der Waals surface area (Å²) >= 11 is 0. The van der Waals surface area contributed by atoms with Crippen LogP contribution in [0.5, 0.6) is 0 Å². The van der Waals surface area contributed by atoms with Crippen molar-refractivity contribution in [2.75, 3.05) is 24.6 Å². The van der Waals surface area contributed by atoms with Crippen molar-refractivity contribution < 1.29 is 9.90 Å². The molecule has 0 fully saturated rings. The van der Waals surface area contributed by atoms with E-state index in [1.165, 1.54) is 0 Å². The van der Waals surface area contributed by atoms with Gasteiger partial charge in [-0.05, 0) is 18.6 Å². The number of aliphatic hydroxyl groups excluding tert-OH is 1. The van der Waals surface area contributed by atoms with Crippen LogP contribution in [0, 0.1) is 0 Å². The van der Waals surface area contributed by atoms with E-state index in [2.05, 4.69) is 0 Å². The smallest absolute Gasteiger partial charge is 0.324 e. The van der Waals surface area contributed by atoms with Crippen molar-refractivity contribution in [3.8, 4) is 0 Å². The van der Waals surface area contributed by atoms with Crippen LogP contribution >= 0.6 is 0 Å². The number of para-hydroxylation sites is 1. The molecule has 1 heterocycles. The van der Waals surface area contributed by atoms with Crippen LogP contribution in [0.15, 0.2) is 24.3 Å². The minimum absolute atomic E-state index is 0.00542. The Morgan fingerprint density at radius 3 is 2.81 bits per heavy atom. The molecule has 0 bridgehead atoms. The van der Waals surface area contributed by atoms with E-state index in [0.717, 1.165) is 11.3 Å². The molecule has 1 aromatic carbocycles. The first-order valence-electron chi connectivity index (χ1n) is 5.53. The van der Waals surface area contributed by atoms with Crippen LogP contribution < -0.4 is 4.90 Å². The van der Waals surface area contributed by atoms with E-state index in [9.17, 15) is 4.79 Å². The number of amides is 2. The number of β-amino-alcohol motifs (C(OH)–C–C–N with tert-alkyl or cyclic N) is 1. The number of fused-ring (bicyclic) bond motifs is 1. The van der Waals surface area contributed by atoms with Gasteiger partial charge in [0.2, 0.25) is 0 Å². The number of aliphatic hydroxyl groups is 1. The molecule has 1 aliphatic rings. The van der Waals surface area contributed by atoms with Crippen molar-refractivity contribution >= 4 is 11.7 Å². The van der Waals surface area contributed by atoms with E-state index in [1.54, 1.807) is 9.80 Å². The first-order valence-corrected chi connectivity index (χ1v) is 5.53. The minimum atomic E-state index is -0.0183. The second-order valence-electron chi connectivity index (χ2n) is 3.80. The zero-order valence-electron chi connectivity index (χ0n) is 9.39. The molecule has 1 aromatic rings. The van der Waals surface area contributed by atoms with Crippen molar-refractivity contribution in [2.24, 2.45) is 0 Å². The molecule has 1 N–H and O–H groups in total. The number of anilines is 1. The number of carbonyl (C=O) groups excluding carboxylic acids is 1. The zero-order valence-corrected chi connectivity index (χ0v) is 9.39. The maximum atomic E-state index is 12.0. The Kier molecular flexibility index (Phi) is 3.10. The normalized spacial score (nSPS) is 15.2. The van der Waals surface area contributed by atoms with Gasteiger partial charge in [0.1, 0.15) is 0 Å². The van der Waals surface area contributed by atoms with Gasteiger partial charge in [0.15, 0.2) is 0 Å². The number of benzene rings is 1. The summed E-state index contributed by atoms with van der Waals surface area (Å²) in [4.78, 5) is 15.5. The number of nitrogens with zero attached hydrogens (tertiary/aromatic N) is 2. The molecule has 86 valence electrons. The van der Waals surface area contributed by atoms with E-state index < -0.39 is 0 Å². The average Bonchev–Trinajstić information content (AvgIpc) is 2.31. The fraction of sp³-hybridized carbons (Fsp3) is 0.417. The molecular formula is C12H16N2O2. The number of hydrogen-bond donors (Lipinski definition) is 1. The lowest BCUT2D eigenvalue weighted by Gasteiger charge is -2.36. The maximum absolute atomic E-state index is 12.0. The zero-order chi connectivity index (χ0) is 11.5. The highest BCUT2D eigenvalue weighted by Crippen LogP contribution is 2.27. The van der Waals surface area contributed by atoms with Crippen molar-refractivity contribution in [3.05, 3.63) is 29.8 Å². The molecule has 0 aromatic heterocycles. The summed E-state index contributed by atoms with van der Waals surface area (Å²) in [5, 5.41) is 8.93. The van der Waals surface area contributed by atoms with Gasteiger partial charge in [-0.1, -0.05) is 18.2 Å². The van der Waals surface area contributed by atoms with Gasteiger partial charge in [-0.15, -0.1) is 0 Å². The molecule has 4 nitrogen and oxygen atoms in total. The third kappa shape index (κ3) is 1.76. The number of urea groups is 1. The van der Waals surface area contributed by atoms with Crippen molar-refractivity contribution in [3.63, 3.8) is 0 Å². The molecule has 2 amide bonds. The van der Waals surface area contributed by atoms with Gasteiger partial charge in [0, 0.05) is 19.6 Å². The summed E-state index contributed by atoms with van der Waals surface area (Å²) in [6.07, 6.45) is 0. The van der Waals surface area contributed by atoms with E-state index in [4.69, 9.17) is 5.11 Å². The molecule has 2 rings (SSSR count). The van der Waals surface area contributed by atoms with Gasteiger partial charge in [0.25, 0.3) is 0 Å². The summed E-state index contributed by atoms with van der Waals surface area (Å²) in [5.41, 5.74) is 2.13. The van der Waals surface area contributed by atoms with Crippen LogP contribution in [-0.4, -0.2) is 35.7 Å². The second kappa shape index (κ2) is 4.53. The van der Waals surface area contributed by atoms with E-state index >= 15 is 0 Å². The summed E-state index contributed by atoms with van der Waals surface area (Å²) < 4.78 is 0. The Morgan fingerprint density at radius 2 is 2.12 bits per heavy atom. The van der Waals surface area contributed by atoms with Gasteiger partial charge < -0.3 is 10.0 Å². The van der Waals surface area contributed by atoms with Crippen LogP contribution in [0.4, 0.5) is 10.5 Å². The number of carbonyl (C=O) groups is 1. The van der Waals surface area contributed by atoms with E-state index in [0.29, 0.717) is 19.6 Å². The molecule has 0 saturated heterocycles. The predicted molar refractivity (Wildman–Crippen MR) is 62.4 cm³/mol. The van der Waals surface area contributed by atoms with E-state index in [1.807, 2.05) is 31.2 Å². The van der Waals surface area contributed by atoms with Gasteiger partial charge >= 0.3 is 6.03 Å². The standard InChI is InChI=1S/C12H16N2O2/c1-2-14-11-6-4-3-5-10(11)9-13(7-8-15)12(14)16/h3-6,15H,2,7-9H2,1H3. The van der Waals surface area contributed by atoms with E-state index in [-0.39, 0.29) is 12.6 Å². The highest BCUT2D eigenvalue weighted by Gasteiger charge is 2.28. The van der Waals surface area contributed by atoms with Crippen molar-refractivity contribution in [1.82, 2.24) is 4.90 Å². The fourth-order valence-corrected chi connectivity index (χ4v) is 2.06. The molecule has 0 atom stereocenters. The SMILES string of the molecule is CCN1C(=O)N(CCO)Cc2ccccc21. The maximum Gasteiger partial charge on any atom is 0.324 e. The molecule has 0 aliphatic carbocycles. The fourth-order valence-electron chi connectivity index (χ4n) is 2.06. The Labute approximate surface area is 95.1 Å². The number of rotatable bonds is 3. The predicted octanol–water partition coefficient (Wildman–Crippen LogP) is 1.44. The third-order valence-corrected chi connectivity index (χ3v) is 2.83. The molecule has 0 spiro atoms. The highest BCUT2D eigenvalue weighted by molar-refractivity contribution is 5.94. The first kappa shape index (κ1) is 11.0. The average molecular weight is 220 g/mol. The second-order valence-corrected chi connectivity index (χ2v) is 3.80. The Morgan fingerprint density at radius 1 is 1.38 bits per heavy atom. The molecule has 0 radical (unpaired) electrons. The van der Waals surface area contributed by atoms with Crippen molar-refractivity contribution in [2.45, 2.75) is 13.5 Å². The summed E-state index contributed by atoms with van der Waals surface area (Å²) in [7, 11) is 0. The van der Waals surface area contributed by atoms with Gasteiger partial charge in [-0.3, -0.25) is 4.90 Å². The van der Waals surface area contributed by atoms with Crippen LogP contribution in [0.2, 0.25) is 0 Å². The topological polar surface area (TPSA) is 43.8 Å². The molecule has 0 unspecified atom stereocenters. The van der Waals surface area contributed by atoms with Gasteiger partial charge in [0.05, 0.1) is 12.3 Å². The van der Waals surface area contributed by atoms with Gasteiger partial charge in [-0.25, -0.2) is 4.79 Å². The summed E-state index contributed by atoms with van der Waals surface area (Å²) in [6, 6.07) is 7.88. The van der Waals surface area contributed by atoms with Crippen molar-refractivity contribution in [1.29, 1.82) is 0 Å². The number of hydrogen-bond acceptors (Lipinski definition) is 2. The minimum Gasteiger partial charge on any atom is -0.395 e. The molecule has 16 heavy (non-hydrogen) atoms. The van der Waals surface area contributed by atoms with Crippen LogP contribution in [0.1, 0.15) is 12.5 Å². The monoisotopic (exact) mass is 220 g/mol. The van der Waals surface area contributed by atoms with Crippen LogP contribution in [-0.2, 0) is 6.54 Å². The lowest BCUT2D eigenvalue weighted by molar-refractivity contribution is 0.176. The lowest BCUT2D eigenvalue weighted by atomic mass is 10.1. The summed E-state index contributed by atoms with van der Waals surface area (Å²) in [5.74, 6) is 0. The highest BCUT2D eigenvalue weighted by atomic mass is 16.3. The molecule has 1 aliphatic heterocycles. The lowest BCUT2D eigenvalue weighted by Crippen LogP contribution is -2.47. The largest absolute Gasteiger partial charge is 0.395 e. The van der Waals surface area contributed by atoms with Gasteiger partial charge in [-0.2, -0.15) is 0 Å². The Balaban J connectivity index is 2.35. The van der Waals surface area contributed by atoms with Crippen LogP contribution in [0.3, 0.4) is 0 Å².